The molecule has 7 rings (SSSR count). The molecule has 2 aromatic heterocycles. The molecule has 9 nitrogen and oxygen atoms in total. The maximum absolute atomic E-state index is 13.3. The van der Waals surface area contributed by atoms with E-state index >= 15 is 0 Å². The molecule has 0 unspecified atom stereocenters. The van der Waals surface area contributed by atoms with Crippen molar-refractivity contribution in [3.8, 4) is 22.4 Å². The number of rotatable bonds is 6. The Hall–Kier alpha value is -3.47. The summed E-state index contributed by atoms with van der Waals surface area (Å²) in [5.41, 5.74) is 6.43. The van der Waals surface area contributed by atoms with Gasteiger partial charge in [-0.3, -0.25) is 14.5 Å². The fourth-order valence-electron chi connectivity index (χ4n) is 6.99. The molecule has 1 N–H and O–H groups in total. The largest absolute Gasteiger partial charge is 0.341 e. The molecule has 46 heavy (non-hydrogen) atoms. The van der Waals surface area contributed by atoms with E-state index in [0.29, 0.717) is 56.6 Å². The van der Waals surface area contributed by atoms with Gasteiger partial charge in [0.25, 0.3) is 5.91 Å². The maximum atomic E-state index is 13.3. The van der Waals surface area contributed by atoms with E-state index in [4.69, 9.17) is 39.8 Å². The molecule has 1 spiro atoms. The van der Waals surface area contributed by atoms with E-state index in [1.807, 2.05) is 66.0 Å². The summed E-state index contributed by atoms with van der Waals surface area (Å²) in [6.07, 6.45) is 0.845. The van der Waals surface area contributed by atoms with E-state index < -0.39 is 0 Å². The van der Waals surface area contributed by atoms with Gasteiger partial charge in [0, 0.05) is 99.6 Å². The lowest BCUT2D eigenvalue weighted by molar-refractivity contribution is -0.157. The Bertz CT molecular complexity index is 1880. The van der Waals surface area contributed by atoms with Crippen LogP contribution in [0, 0.1) is 5.41 Å². The first-order chi connectivity index (χ1) is 22.0. The first-order valence-corrected chi connectivity index (χ1v) is 16.4. The van der Waals surface area contributed by atoms with E-state index in [0.717, 1.165) is 61.7 Å². The smallest absolute Gasteiger partial charge is 0.291 e. The predicted octanol–water partition coefficient (Wildman–Crippen LogP) is 6.01. The molecule has 12 heteroatoms. The quantitative estimate of drug-likeness (QED) is 0.252. The molecule has 0 saturated carbocycles. The van der Waals surface area contributed by atoms with Gasteiger partial charge in [0.15, 0.2) is 5.82 Å². The molecule has 2 aromatic carbocycles. The molecule has 4 aromatic rings. The molecule has 0 radical (unpaired) electrons. The number of fused-ring (bicyclic) bond motifs is 1. The first kappa shape index (κ1) is 31.1. The van der Waals surface area contributed by atoms with Gasteiger partial charge in [0.2, 0.25) is 5.91 Å². The van der Waals surface area contributed by atoms with E-state index in [2.05, 4.69) is 20.1 Å². The molecule has 5 heterocycles. The van der Waals surface area contributed by atoms with E-state index in [-0.39, 0.29) is 17.2 Å². The van der Waals surface area contributed by atoms with Crippen LogP contribution in [0.3, 0.4) is 0 Å². The topological polar surface area (TPSA) is 86.6 Å². The maximum Gasteiger partial charge on any atom is 0.291 e. The minimum absolute atomic E-state index is 0.142. The summed E-state index contributed by atoms with van der Waals surface area (Å²) in [4.78, 5) is 40.7. The molecule has 2 saturated heterocycles. The molecule has 0 atom stereocenters. The van der Waals surface area contributed by atoms with Crippen LogP contribution in [0.4, 0.5) is 5.69 Å². The van der Waals surface area contributed by atoms with Crippen LogP contribution in [-0.2, 0) is 31.4 Å². The number of hydrogen-bond donors (Lipinski definition) is 1. The van der Waals surface area contributed by atoms with Gasteiger partial charge in [0.1, 0.15) is 5.15 Å². The summed E-state index contributed by atoms with van der Waals surface area (Å²) in [6.45, 7) is 7.53. The lowest BCUT2D eigenvalue weighted by Crippen LogP contribution is -2.72. The van der Waals surface area contributed by atoms with Crippen LogP contribution in [0.2, 0.25) is 15.2 Å². The number of anilines is 1. The number of benzene rings is 2. The Labute approximate surface area is 283 Å². The molecule has 3 aliphatic rings. The summed E-state index contributed by atoms with van der Waals surface area (Å²) < 4.78 is 1.87. The highest BCUT2D eigenvalue weighted by molar-refractivity contribution is 6.39. The van der Waals surface area contributed by atoms with Gasteiger partial charge >= 0.3 is 0 Å². The molecule has 0 aliphatic carbocycles. The van der Waals surface area contributed by atoms with Gasteiger partial charge in [0.05, 0.1) is 27.1 Å². The highest BCUT2D eigenvalue weighted by Gasteiger charge is 2.52. The van der Waals surface area contributed by atoms with Crippen molar-refractivity contribution in [2.24, 2.45) is 12.5 Å². The van der Waals surface area contributed by atoms with Crippen LogP contribution in [0.25, 0.3) is 22.4 Å². The fraction of sp³-hybridized carbons (Fsp3) is 0.353. The monoisotopic (exact) mass is 677 g/mol. The van der Waals surface area contributed by atoms with Crippen molar-refractivity contribution in [3.63, 3.8) is 0 Å². The van der Waals surface area contributed by atoms with Crippen LogP contribution < -0.4 is 5.32 Å². The highest BCUT2D eigenvalue weighted by Crippen LogP contribution is 2.43. The van der Waals surface area contributed by atoms with Crippen molar-refractivity contribution in [2.75, 3.05) is 45.1 Å². The van der Waals surface area contributed by atoms with Crippen LogP contribution in [0.5, 0.6) is 0 Å². The average molecular weight is 679 g/mol. The Morgan fingerprint density at radius 2 is 1.59 bits per heavy atom. The number of aromatic nitrogens is 3. The fourth-order valence-corrected chi connectivity index (χ4v) is 7.80. The number of amides is 2. The third-order valence-electron chi connectivity index (χ3n) is 9.40. The second-order valence-corrected chi connectivity index (χ2v) is 13.9. The number of nitrogens with one attached hydrogen (secondary N) is 1. The van der Waals surface area contributed by atoms with Crippen molar-refractivity contribution >= 4 is 52.3 Å². The number of imidazole rings is 1. The van der Waals surface area contributed by atoms with Crippen LogP contribution in [0.15, 0.2) is 48.5 Å². The van der Waals surface area contributed by atoms with Crippen molar-refractivity contribution in [2.45, 2.75) is 26.4 Å². The van der Waals surface area contributed by atoms with Gasteiger partial charge in [-0.1, -0.05) is 71.2 Å². The number of halogens is 3. The van der Waals surface area contributed by atoms with Crippen molar-refractivity contribution in [3.05, 3.63) is 86.5 Å². The minimum atomic E-state index is -0.323. The summed E-state index contributed by atoms with van der Waals surface area (Å²) in [5.74, 6) is 0.171. The summed E-state index contributed by atoms with van der Waals surface area (Å²) >= 11 is 20.6. The number of hydrogen-bond acceptors (Lipinski definition) is 6. The zero-order valence-corrected chi connectivity index (χ0v) is 28.2. The van der Waals surface area contributed by atoms with Crippen molar-refractivity contribution in [1.29, 1.82) is 0 Å². The van der Waals surface area contributed by atoms with Crippen molar-refractivity contribution in [1.82, 2.24) is 29.2 Å². The van der Waals surface area contributed by atoms with Gasteiger partial charge in [-0.15, -0.1) is 0 Å². The number of carbonyl (C=O) groups excluding carboxylic acids is 2. The standard InChI is InChI=1S/C34H34Cl3N7O2/c1-20(45)44-18-34(19-44)16-43(17-34)14-21-10-11-25(38-31(21)37)24-8-4-6-22(29(24)35)23-7-5-9-26(30(23)36)40-33(46)32-39-27-15-41(2)13-12-28(27)42(32)3/h4-11H,12-19H2,1-3H3,(H,40,46). The van der Waals surface area contributed by atoms with Crippen LogP contribution in [0.1, 0.15) is 34.5 Å². The third kappa shape index (κ3) is 5.58. The van der Waals surface area contributed by atoms with E-state index in [9.17, 15) is 9.59 Å². The summed E-state index contributed by atoms with van der Waals surface area (Å²) in [6, 6.07) is 15.1. The molecule has 3 aliphatic heterocycles. The normalized spacial score (nSPS) is 17.4. The number of likely N-dealkylation sites (tertiary alicyclic amines) is 2. The zero-order chi connectivity index (χ0) is 32.3. The summed E-state index contributed by atoms with van der Waals surface area (Å²) in [5, 5.41) is 4.25. The second kappa shape index (κ2) is 12.0. The van der Waals surface area contributed by atoms with E-state index in [1.165, 1.54) is 0 Å². The molecule has 0 bridgehead atoms. The van der Waals surface area contributed by atoms with E-state index in [1.54, 1.807) is 13.0 Å². The average Bonchev–Trinajstić information content (AvgIpc) is 3.30. The highest BCUT2D eigenvalue weighted by atomic mass is 35.5. The van der Waals surface area contributed by atoms with Crippen LogP contribution >= 0.6 is 34.8 Å². The van der Waals surface area contributed by atoms with Gasteiger partial charge in [-0.25, -0.2) is 9.97 Å². The third-order valence-corrected chi connectivity index (χ3v) is 10.5. The number of nitrogens with zero attached hydrogens (tertiary/aromatic N) is 6. The second-order valence-electron chi connectivity index (χ2n) is 12.8. The minimum Gasteiger partial charge on any atom is -0.341 e. The molecular weight excluding hydrogens is 645 g/mol. The Balaban J connectivity index is 1.08. The Morgan fingerprint density at radius 1 is 0.891 bits per heavy atom. The van der Waals surface area contributed by atoms with Crippen LogP contribution in [-0.4, -0.2) is 80.8 Å². The zero-order valence-electron chi connectivity index (χ0n) is 25.9. The Kier molecular flexibility index (Phi) is 8.10. The predicted molar refractivity (Wildman–Crippen MR) is 181 cm³/mol. The summed E-state index contributed by atoms with van der Waals surface area (Å²) in [7, 11) is 3.92. The molecule has 2 fully saturated rings. The number of pyridine rings is 1. The first-order valence-electron chi connectivity index (χ1n) is 15.3. The number of carbonyl (C=O) groups is 2. The number of likely N-dealkylation sites (N-methyl/N-ethyl adjacent to an activating group) is 1. The molecule has 2 amide bonds. The Morgan fingerprint density at radius 3 is 2.30 bits per heavy atom. The lowest BCUT2D eigenvalue weighted by atomic mass is 9.72. The van der Waals surface area contributed by atoms with Crippen molar-refractivity contribution < 1.29 is 9.59 Å². The van der Waals surface area contributed by atoms with Gasteiger partial charge in [-0.2, -0.15) is 0 Å². The van der Waals surface area contributed by atoms with Gasteiger partial charge in [-0.05, 0) is 19.2 Å². The van der Waals surface area contributed by atoms with Gasteiger partial charge < -0.3 is 19.7 Å². The molecular formula is C34H34Cl3N7O2. The SMILES string of the molecule is CC(=O)N1CC2(CN(Cc3ccc(-c4cccc(-c5cccc(NC(=O)c6nc7c(n6C)CCN(C)C7)c5Cl)c4Cl)nc3Cl)C2)C1. The lowest BCUT2D eigenvalue weighted by Gasteiger charge is -2.60. The molecule has 238 valence electrons.